The molecule has 158 valence electrons. The molecule has 1 N–H and O–H groups in total. The Kier molecular flexibility index (Phi) is 7.82. The van der Waals surface area contributed by atoms with Gasteiger partial charge in [0, 0.05) is 6.04 Å². The van der Waals surface area contributed by atoms with Crippen LogP contribution in [0.3, 0.4) is 0 Å². The van der Waals surface area contributed by atoms with Crippen molar-refractivity contribution in [1.82, 2.24) is 4.72 Å². The molecule has 2 atom stereocenters. The molecule has 3 rings (SSSR count). The van der Waals surface area contributed by atoms with Crippen LogP contribution >= 0.6 is 7.92 Å². The average Bonchev–Trinajstić information content (AvgIpc) is 2.77. The van der Waals surface area contributed by atoms with Crippen LogP contribution in [0.5, 0.6) is 5.75 Å². The molecule has 0 saturated heterocycles. The maximum atomic E-state index is 13.0. The van der Waals surface area contributed by atoms with E-state index in [2.05, 4.69) is 77.5 Å². The van der Waals surface area contributed by atoms with Gasteiger partial charge in [0.1, 0.15) is 5.75 Å². The first kappa shape index (κ1) is 22.7. The summed E-state index contributed by atoms with van der Waals surface area (Å²) in [6.07, 6.45) is 0.859. The molecule has 1 unspecified atom stereocenters. The zero-order valence-electron chi connectivity index (χ0n) is 18.0. The molecule has 0 fully saturated rings. The van der Waals surface area contributed by atoms with Crippen LogP contribution < -0.4 is 20.1 Å². The molecule has 0 spiro atoms. The molecule has 0 radical (unpaired) electrons. The van der Waals surface area contributed by atoms with Crippen molar-refractivity contribution in [1.29, 1.82) is 0 Å². The molecule has 0 aliphatic carbocycles. The molecule has 0 saturated carbocycles. The molecule has 0 aliphatic rings. The lowest BCUT2D eigenvalue weighted by molar-refractivity contribution is 0.414. The highest BCUT2D eigenvalue weighted by Crippen LogP contribution is 2.38. The van der Waals surface area contributed by atoms with Crippen molar-refractivity contribution < 1.29 is 8.95 Å². The van der Waals surface area contributed by atoms with Crippen molar-refractivity contribution in [2.45, 2.75) is 31.6 Å². The highest BCUT2D eigenvalue weighted by atomic mass is 32.2. The number of benzene rings is 3. The fourth-order valence-electron chi connectivity index (χ4n) is 3.11. The minimum Gasteiger partial charge on any atom is -0.497 e. The fourth-order valence-corrected chi connectivity index (χ4v) is 6.52. The van der Waals surface area contributed by atoms with Crippen molar-refractivity contribution in [3.8, 4) is 5.75 Å². The fraction of sp³-hybridized carbons (Fsp3) is 0.280. The van der Waals surface area contributed by atoms with Gasteiger partial charge in [-0.3, -0.25) is 0 Å². The summed E-state index contributed by atoms with van der Waals surface area (Å²) in [5.41, 5.74) is 1.12. The summed E-state index contributed by atoms with van der Waals surface area (Å²) in [4.78, 5) is 0. The smallest absolute Gasteiger partial charge is 0.118 e. The molecule has 0 amide bonds. The first-order chi connectivity index (χ1) is 14.4. The topological polar surface area (TPSA) is 38.3 Å². The lowest BCUT2D eigenvalue weighted by Crippen LogP contribution is -2.37. The number of rotatable bonds is 8. The monoisotopic (exact) mass is 439 g/mol. The second-order valence-electron chi connectivity index (χ2n) is 8.11. The Hall–Kier alpha value is -2.00. The quantitative estimate of drug-likeness (QED) is 0.506. The molecule has 0 bridgehead atoms. The molecule has 0 aromatic heterocycles. The molecule has 3 aromatic rings. The third-order valence-corrected chi connectivity index (χ3v) is 9.01. The van der Waals surface area contributed by atoms with Crippen molar-refractivity contribution >= 4 is 29.5 Å². The third-order valence-electron chi connectivity index (χ3n) is 4.82. The largest absolute Gasteiger partial charge is 0.497 e. The second-order valence-corrected chi connectivity index (χ2v) is 12.4. The first-order valence-corrected chi connectivity index (χ1v) is 12.8. The minimum absolute atomic E-state index is 0.0394. The highest BCUT2D eigenvalue weighted by Gasteiger charge is 2.27. The number of nitrogens with one attached hydrogen (secondary N) is 1. The molecule has 0 heterocycles. The van der Waals surface area contributed by atoms with Gasteiger partial charge in [-0.15, -0.1) is 0 Å². The van der Waals surface area contributed by atoms with E-state index in [0.29, 0.717) is 0 Å². The Bertz CT molecular complexity index is 901. The summed E-state index contributed by atoms with van der Waals surface area (Å²) in [6.45, 7) is 6.00. The van der Waals surface area contributed by atoms with Crippen LogP contribution in [0, 0.1) is 0 Å². The summed E-state index contributed by atoms with van der Waals surface area (Å²) >= 11 is 0. The van der Waals surface area contributed by atoms with E-state index in [1.165, 1.54) is 10.6 Å². The van der Waals surface area contributed by atoms with Crippen LogP contribution in [0.1, 0.15) is 32.4 Å². The summed E-state index contributed by atoms with van der Waals surface area (Å²) in [6, 6.07) is 29.3. The van der Waals surface area contributed by atoms with Crippen LogP contribution in [0.2, 0.25) is 0 Å². The van der Waals surface area contributed by atoms with Crippen molar-refractivity contribution in [2.75, 3.05) is 13.3 Å². The SMILES string of the molecule is COc1ccc([C@@H](CP(c2ccccc2)c2ccccc2)NS(=O)C(C)(C)C)cc1. The van der Waals surface area contributed by atoms with Gasteiger partial charge >= 0.3 is 0 Å². The average molecular weight is 440 g/mol. The predicted molar refractivity (Wildman–Crippen MR) is 131 cm³/mol. The Morgan fingerprint density at radius 3 is 1.80 bits per heavy atom. The standard InChI is InChI=1S/C25H30NO2PS/c1-25(2,3)30(27)26-24(20-15-17-21(28-4)18-16-20)19-29(22-11-7-5-8-12-22)23-13-9-6-10-14-23/h5-18,24,26H,19H2,1-4H3/t24-,30?/m1/s1. The van der Waals surface area contributed by atoms with Gasteiger partial charge in [-0.1, -0.05) is 72.8 Å². The van der Waals surface area contributed by atoms with Gasteiger partial charge in [-0.05, 0) is 63.2 Å². The van der Waals surface area contributed by atoms with E-state index in [-0.39, 0.29) is 10.8 Å². The third kappa shape index (κ3) is 6.01. The van der Waals surface area contributed by atoms with Crippen LogP contribution in [0.15, 0.2) is 84.9 Å². The van der Waals surface area contributed by atoms with E-state index in [9.17, 15) is 4.21 Å². The molecule has 0 aliphatic heterocycles. The Morgan fingerprint density at radius 2 is 1.37 bits per heavy atom. The van der Waals surface area contributed by atoms with E-state index < -0.39 is 18.9 Å². The number of hydrogen-bond donors (Lipinski definition) is 1. The van der Waals surface area contributed by atoms with E-state index >= 15 is 0 Å². The van der Waals surface area contributed by atoms with Gasteiger partial charge in [0.05, 0.1) is 22.8 Å². The lowest BCUT2D eigenvalue weighted by atomic mass is 10.1. The van der Waals surface area contributed by atoms with Gasteiger partial charge in [0.2, 0.25) is 0 Å². The first-order valence-electron chi connectivity index (χ1n) is 10.1. The van der Waals surface area contributed by atoms with E-state index in [4.69, 9.17) is 4.74 Å². The maximum absolute atomic E-state index is 13.0. The van der Waals surface area contributed by atoms with Gasteiger partial charge in [0.25, 0.3) is 0 Å². The van der Waals surface area contributed by atoms with Crippen LogP contribution in [0.25, 0.3) is 0 Å². The summed E-state index contributed by atoms with van der Waals surface area (Å²) < 4.78 is 21.4. The molecular formula is C25H30NO2PS. The zero-order valence-corrected chi connectivity index (χ0v) is 19.8. The lowest BCUT2D eigenvalue weighted by Gasteiger charge is -2.28. The number of hydrogen-bond acceptors (Lipinski definition) is 2. The van der Waals surface area contributed by atoms with Gasteiger partial charge in [-0.2, -0.15) is 0 Å². The second kappa shape index (κ2) is 10.3. The van der Waals surface area contributed by atoms with Crippen LogP contribution in [-0.2, 0) is 11.0 Å². The highest BCUT2D eigenvalue weighted by molar-refractivity contribution is 7.84. The number of methoxy groups -OCH3 is 1. The summed E-state index contributed by atoms with van der Waals surface area (Å²) in [7, 11) is -0.125. The minimum atomic E-state index is -1.18. The van der Waals surface area contributed by atoms with Crippen LogP contribution in [-0.4, -0.2) is 22.2 Å². The van der Waals surface area contributed by atoms with E-state index in [0.717, 1.165) is 17.5 Å². The normalized spacial score (nSPS) is 13.8. The van der Waals surface area contributed by atoms with Crippen LogP contribution in [0.4, 0.5) is 0 Å². The van der Waals surface area contributed by atoms with E-state index in [1.807, 2.05) is 32.9 Å². The Labute approximate surface area is 184 Å². The van der Waals surface area contributed by atoms with Gasteiger partial charge < -0.3 is 4.74 Å². The molecular weight excluding hydrogens is 409 g/mol. The predicted octanol–water partition coefficient (Wildman–Crippen LogP) is 4.92. The molecule has 30 heavy (non-hydrogen) atoms. The summed E-state index contributed by atoms with van der Waals surface area (Å²) in [5, 5.41) is 2.64. The van der Waals surface area contributed by atoms with E-state index in [1.54, 1.807) is 7.11 Å². The zero-order chi connectivity index (χ0) is 21.6. The molecule has 5 heteroatoms. The van der Waals surface area contributed by atoms with Gasteiger partial charge in [-0.25, -0.2) is 8.93 Å². The molecule has 3 nitrogen and oxygen atoms in total. The molecule has 3 aromatic carbocycles. The van der Waals surface area contributed by atoms with Crippen molar-refractivity contribution in [3.63, 3.8) is 0 Å². The van der Waals surface area contributed by atoms with Crippen molar-refractivity contribution in [3.05, 3.63) is 90.5 Å². The van der Waals surface area contributed by atoms with Crippen molar-refractivity contribution in [2.24, 2.45) is 0 Å². The maximum Gasteiger partial charge on any atom is 0.118 e. The number of ether oxygens (including phenoxy) is 1. The summed E-state index contributed by atoms with van der Waals surface area (Å²) in [5.74, 6) is 0.822. The Balaban J connectivity index is 1.98. The Morgan fingerprint density at radius 1 is 0.867 bits per heavy atom. The van der Waals surface area contributed by atoms with Gasteiger partial charge in [0.15, 0.2) is 0 Å².